The highest BCUT2D eigenvalue weighted by molar-refractivity contribution is 9.11. The number of H-pyrrole nitrogens is 2. The van der Waals surface area contributed by atoms with Crippen molar-refractivity contribution in [1.29, 1.82) is 0 Å². The van der Waals surface area contributed by atoms with Gasteiger partial charge in [-0.2, -0.15) is 0 Å². The lowest BCUT2D eigenvalue weighted by atomic mass is 10.1. The van der Waals surface area contributed by atoms with Crippen LogP contribution in [0.25, 0.3) is 22.1 Å². The van der Waals surface area contributed by atoms with E-state index in [2.05, 4.69) is 88.4 Å². The van der Waals surface area contributed by atoms with Crippen molar-refractivity contribution in [2.24, 2.45) is 9.98 Å². The van der Waals surface area contributed by atoms with Crippen LogP contribution in [-0.2, 0) is 17.8 Å². The minimum absolute atomic E-state index is 0.0197. The molecule has 0 unspecified atom stereocenters. The molecular formula is C35H29Br2N11O4. The van der Waals surface area contributed by atoms with Crippen LogP contribution in [0, 0.1) is 0 Å². The highest BCUT2D eigenvalue weighted by Crippen LogP contribution is 2.35. The monoisotopic (exact) mass is 825 g/mol. The average Bonchev–Trinajstić information content (AvgIpc) is 3.94. The average molecular weight is 827 g/mol. The van der Waals surface area contributed by atoms with Gasteiger partial charge in [-0.1, -0.05) is 12.1 Å². The van der Waals surface area contributed by atoms with Crippen molar-refractivity contribution < 1.29 is 19.4 Å². The number of hydrogen-bond donors (Lipinski definition) is 5. The highest BCUT2D eigenvalue weighted by atomic mass is 79.9. The Labute approximate surface area is 312 Å². The number of carboxylic acids is 1. The van der Waals surface area contributed by atoms with Gasteiger partial charge in [-0.05, 0) is 85.3 Å². The molecule has 0 bridgehead atoms. The van der Waals surface area contributed by atoms with Crippen molar-refractivity contribution in [3.05, 3.63) is 91.6 Å². The van der Waals surface area contributed by atoms with Crippen molar-refractivity contribution >= 4 is 101 Å². The normalized spacial score (nSPS) is 15.8. The van der Waals surface area contributed by atoms with Crippen LogP contribution in [0.3, 0.4) is 0 Å². The maximum absolute atomic E-state index is 13.1. The maximum Gasteiger partial charge on any atom is 0.353 e. The van der Waals surface area contributed by atoms with Gasteiger partial charge in [0.25, 0.3) is 5.91 Å². The molecule has 5 N–H and O–H groups in total. The number of morpholine rings is 1. The van der Waals surface area contributed by atoms with E-state index in [9.17, 15) is 14.7 Å². The summed E-state index contributed by atoms with van der Waals surface area (Å²) in [5.41, 5.74) is 7.88. The molecule has 9 rings (SSSR count). The Kier molecular flexibility index (Phi) is 8.98. The van der Waals surface area contributed by atoms with Gasteiger partial charge in [0.1, 0.15) is 47.0 Å². The number of aromatic amines is 2. The number of benzene rings is 2. The first-order valence-corrected chi connectivity index (χ1v) is 17.8. The molecule has 15 nitrogen and oxygen atoms in total. The standard InChI is InChI=1S/C20H19BrN6O2.C15H10BrN5O2/c1-11-9-29-5-4-27(11)20(28)17-16(21)15-18(23-10-24-19(15)26-17)25-14-3-2-12-7-22-8-13(12)6-14;16-11-10-13(18-6-19-14(10)21-12(11)15(22)23)20-9-2-1-7-4-17-5-8(7)3-9/h2-3,6,8,10-11H,4-5,7,9H2,1H3,(H2,23,24,25,26);1-3,5-6H,4H2,(H,22,23)(H2,18,19,20,21)/t11-;/m0./s1. The number of fused-ring (bicyclic) bond motifs is 4. The van der Waals surface area contributed by atoms with E-state index >= 15 is 0 Å². The summed E-state index contributed by atoms with van der Waals surface area (Å²) in [5.74, 6) is 0.0162. The van der Waals surface area contributed by atoms with Crippen molar-refractivity contribution in [1.82, 2.24) is 34.8 Å². The fourth-order valence-corrected chi connectivity index (χ4v) is 7.55. The molecule has 3 aliphatic heterocycles. The number of aromatic carboxylic acids is 1. The second kappa shape index (κ2) is 13.9. The molecule has 52 heavy (non-hydrogen) atoms. The Bertz CT molecular complexity index is 2460. The predicted octanol–water partition coefficient (Wildman–Crippen LogP) is 6.35. The van der Waals surface area contributed by atoms with Gasteiger partial charge in [0.05, 0.1) is 52.1 Å². The summed E-state index contributed by atoms with van der Waals surface area (Å²) in [7, 11) is 0. The molecule has 1 atom stereocenters. The molecule has 0 radical (unpaired) electrons. The van der Waals surface area contributed by atoms with Gasteiger partial charge in [0.15, 0.2) is 0 Å². The van der Waals surface area contributed by atoms with Crippen LogP contribution in [0.1, 0.15) is 50.2 Å². The number of carbonyl (C=O) groups is 2. The molecule has 1 saturated heterocycles. The molecule has 7 heterocycles. The molecule has 1 amide bonds. The van der Waals surface area contributed by atoms with E-state index < -0.39 is 5.97 Å². The molecule has 0 aliphatic carbocycles. The number of nitrogens with one attached hydrogen (secondary N) is 4. The number of ether oxygens (including phenoxy) is 1. The zero-order valence-electron chi connectivity index (χ0n) is 27.4. The van der Waals surface area contributed by atoms with Crippen LogP contribution >= 0.6 is 31.9 Å². The molecule has 0 saturated carbocycles. The number of carboxylic acid groups (broad SMARTS) is 1. The third-order valence-electron chi connectivity index (χ3n) is 8.92. The van der Waals surface area contributed by atoms with Crippen molar-refractivity contribution in [3.8, 4) is 0 Å². The van der Waals surface area contributed by atoms with E-state index in [0.29, 0.717) is 69.3 Å². The number of amides is 1. The zero-order chi connectivity index (χ0) is 35.9. The molecule has 6 aromatic rings. The summed E-state index contributed by atoms with van der Waals surface area (Å²) in [6, 6.07) is 12.1. The number of anilines is 4. The van der Waals surface area contributed by atoms with Crippen molar-refractivity contribution in [3.63, 3.8) is 0 Å². The molecule has 2 aromatic carbocycles. The van der Waals surface area contributed by atoms with Gasteiger partial charge in [-0.3, -0.25) is 14.8 Å². The summed E-state index contributed by atoms with van der Waals surface area (Å²) in [6.07, 6.45) is 6.58. The lowest BCUT2D eigenvalue weighted by Gasteiger charge is -2.33. The van der Waals surface area contributed by atoms with E-state index in [0.717, 1.165) is 34.4 Å². The Hall–Kier alpha value is -5.52. The number of aliphatic imine (C=N–C) groups is 2. The summed E-state index contributed by atoms with van der Waals surface area (Å²) >= 11 is 6.91. The smallest absolute Gasteiger partial charge is 0.353 e. The van der Waals surface area contributed by atoms with Crippen LogP contribution in [0.4, 0.5) is 23.0 Å². The number of aromatic nitrogens is 6. The molecule has 3 aliphatic rings. The van der Waals surface area contributed by atoms with Crippen LogP contribution in [0.15, 0.2) is 68.0 Å². The van der Waals surface area contributed by atoms with Gasteiger partial charge in [-0.15, -0.1) is 0 Å². The summed E-state index contributed by atoms with van der Waals surface area (Å²) in [6.45, 7) is 5.06. The van der Waals surface area contributed by atoms with Gasteiger partial charge >= 0.3 is 5.97 Å². The minimum Gasteiger partial charge on any atom is -0.477 e. The van der Waals surface area contributed by atoms with E-state index in [1.54, 1.807) is 0 Å². The third-order valence-corrected chi connectivity index (χ3v) is 10.5. The number of nitrogens with zero attached hydrogens (tertiary/aromatic N) is 7. The largest absolute Gasteiger partial charge is 0.477 e. The van der Waals surface area contributed by atoms with Crippen molar-refractivity contribution in [2.45, 2.75) is 26.1 Å². The number of rotatable bonds is 6. The van der Waals surface area contributed by atoms with E-state index in [4.69, 9.17) is 4.74 Å². The first kappa shape index (κ1) is 33.6. The molecule has 262 valence electrons. The molecule has 0 spiro atoms. The quantitative estimate of drug-likeness (QED) is 0.126. The Morgan fingerprint density at radius 3 is 1.90 bits per heavy atom. The Morgan fingerprint density at radius 2 is 1.37 bits per heavy atom. The molecule has 1 fully saturated rings. The SMILES string of the molecule is C[C@H]1COCCN1C(=O)c1[nH]c2ncnc(Nc3ccc4c(c3)C=NC4)c2c1Br.O=C(O)c1[nH]c2ncnc(Nc3ccc4c(c3)C=NC4)c2c1Br. The van der Waals surface area contributed by atoms with Gasteiger partial charge in [0, 0.05) is 30.3 Å². The molecular weight excluding hydrogens is 798 g/mol. The number of hydrogen-bond acceptors (Lipinski definition) is 11. The predicted molar refractivity (Wildman–Crippen MR) is 203 cm³/mol. The number of carbonyl (C=O) groups excluding carboxylic acids is 1. The lowest BCUT2D eigenvalue weighted by Crippen LogP contribution is -2.47. The van der Waals surface area contributed by atoms with Crippen LogP contribution in [0.2, 0.25) is 0 Å². The number of halogens is 2. The highest BCUT2D eigenvalue weighted by Gasteiger charge is 2.29. The van der Waals surface area contributed by atoms with E-state index in [1.807, 2.05) is 54.6 Å². The third kappa shape index (κ3) is 6.31. The second-order valence-electron chi connectivity index (χ2n) is 12.3. The molecule has 4 aromatic heterocycles. The minimum atomic E-state index is -1.06. The first-order valence-electron chi connectivity index (χ1n) is 16.2. The maximum atomic E-state index is 13.1. The van der Waals surface area contributed by atoms with Gasteiger partial charge in [-0.25, -0.2) is 24.7 Å². The Morgan fingerprint density at radius 1 is 0.827 bits per heavy atom. The van der Waals surface area contributed by atoms with Gasteiger partial charge < -0.3 is 35.3 Å². The fourth-order valence-electron chi connectivity index (χ4n) is 6.26. The van der Waals surface area contributed by atoms with E-state index in [-0.39, 0.29) is 17.6 Å². The molecule has 17 heteroatoms. The van der Waals surface area contributed by atoms with Crippen LogP contribution in [-0.4, -0.2) is 90.0 Å². The van der Waals surface area contributed by atoms with Crippen LogP contribution in [0.5, 0.6) is 0 Å². The summed E-state index contributed by atoms with van der Waals surface area (Å²) in [4.78, 5) is 57.7. The van der Waals surface area contributed by atoms with Crippen molar-refractivity contribution in [2.75, 3.05) is 30.4 Å². The zero-order valence-corrected chi connectivity index (χ0v) is 30.6. The second-order valence-corrected chi connectivity index (χ2v) is 13.9. The summed E-state index contributed by atoms with van der Waals surface area (Å²) in [5, 5.41) is 17.1. The topological polar surface area (TPSA) is 199 Å². The van der Waals surface area contributed by atoms with Crippen LogP contribution < -0.4 is 10.6 Å². The van der Waals surface area contributed by atoms with E-state index in [1.165, 1.54) is 23.8 Å². The lowest BCUT2D eigenvalue weighted by molar-refractivity contribution is 0.00327. The first-order chi connectivity index (χ1) is 25.2. The summed E-state index contributed by atoms with van der Waals surface area (Å²) < 4.78 is 6.52. The Balaban J connectivity index is 0.000000153. The fraction of sp³-hybridized carbons (Fsp3) is 0.200. The van der Waals surface area contributed by atoms with Gasteiger partial charge in [0.2, 0.25) is 0 Å².